The van der Waals surface area contributed by atoms with E-state index in [4.69, 9.17) is 13.7 Å². The summed E-state index contributed by atoms with van der Waals surface area (Å²) in [7, 11) is 0.333. The standard InChI is InChI=1S/C22H26N2O2.CH4O3S/c1-24(12-11-16-9-10-22-20(13-16)23-15-26-22)14-17-5-3-7-19-18(17)6-4-8-21(19)25-2;1-5(2,3)4/h4,6,8-10,13,15,17H,3,5,7,11-12,14H2,1-2H3;1H3,(H,2,3,4). The van der Waals surface area contributed by atoms with Crippen LogP contribution in [0.5, 0.6) is 5.75 Å². The van der Waals surface area contributed by atoms with Crippen LogP contribution in [-0.2, 0) is 23.0 Å². The maximum absolute atomic E-state index is 9.19. The molecule has 0 radical (unpaired) electrons. The molecule has 0 saturated carbocycles. The number of likely N-dealkylation sites (N-methyl/N-ethyl adjacent to an activating group) is 1. The zero-order valence-electron chi connectivity index (χ0n) is 18.2. The van der Waals surface area contributed by atoms with Crippen LogP contribution in [0.25, 0.3) is 11.1 Å². The smallest absolute Gasteiger partial charge is 0.261 e. The summed E-state index contributed by atoms with van der Waals surface area (Å²) in [6.45, 7) is 2.13. The average Bonchev–Trinajstić information content (AvgIpc) is 3.19. The minimum Gasteiger partial charge on any atom is -0.496 e. The Labute approximate surface area is 183 Å². The SMILES string of the molecule is COc1cccc2c1CCCC2CN(C)CCc1ccc2ocnc2c1.CS(=O)(=O)O. The summed E-state index contributed by atoms with van der Waals surface area (Å²) in [6.07, 6.45) is 6.89. The van der Waals surface area contributed by atoms with Gasteiger partial charge in [0.2, 0.25) is 0 Å². The fraction of sp³-hybridized carbons (Fsp3) is 0.435. The molecule has 1 aliphatic rings. The number of methoxy groups -OCH3 is 1. The fourth-order valence-corrected chi connectivity index (χ4v) is 4.14. The third-order valence-corrected chi connectivity index (χ3v) is 5.52. The number of rotatable bonds is 6. The molecule has 4 rings (SSSR count). The van der Waals surface area contributed by atoms with Crippen LogP contribution < -0.4 is 4.74 Å². The zero-order chi connectivity index (χ0) is 22.4. The van der Waals surface area contributed by atoms with E-state index in [0.717, 1.165) is 42.8 Å². The molecule has 1 heterocycles. The molecule has 3 aromatic rings. The van der Waals surface area contributed by atoms with Gasteiger partial charge < -0.3 is 14.1 Å². The predicted molar refractivity (Wildman–Crippen MR) is 121 cm³/mol. The van der Waals surface area contributed by atoms with Crippen molar-refractivity contribution in [3.63, 3.8) is 0 Å². The van der Waals surface area contributed by atoms with E-state index in [2.05, 4.69) is 47.3 Å². The number of oxazole rings is 1. The minimum atomic E-state index is -3.67. The van der Waals surface area contributed by atoms with Gasteiger partial charge in [-0.15, -0.1) is 0 Å². The first kappa shape index (κ1) is 23.2. The highest BCUT2D eigenvalue weighted by Gasteiger charge is 2.23. The van der Waals surface area contributed by atoms with Gasteiger partial charge in [-0.2, -0.15) is 8.42 Å². The summed E-state index contributed by atoms with van der Waals surface area (Å²) in [6, 6.07) is 12.8. The Morgan fingerprint density at radius 2 is 2.06 bits per heavy atom. The van der Waals surface area contributed by atoms with Gasteiger partial charge in [-0.3, -0.25) is 4.55 Å². The first-order valence-electron chi connectivity index (χ1n) is 10.3. The number of nitrogens with zero attached hydrogens (tertiary/aromatic N) is 2. The van der Waals surface area contributed by atoms with Gasteiger partial charge in [0.25, 0.3) is 10.1 Å². The van der Waals surface area contributed by atoms with Gasteiger partial charge in [-0.1, -0.05) is 18.2 Å². The van der Waals surface area contributed by atoms with Crippen molar-refractivity contribution < 1.29 is 22.1 Å². The molecule has 2 aromatic carbocycles. The molecule has 1 aromatic heterocycles. The van der Waals surface area contributed by atoms with E-state index in [9.17, 15) is 8.42 Å². The average molecular weight is 447 g/mol. The molecule has 1 N–H and O–H groups in total. The van der Waals surface area contributed by atoms with Crippen molar-refractivity contribution in [2.75, 3.05) is 33.5 Å². The molecule has 0 amide bonds. The second kappa shape index (κ2) is 10.3. The van der Waals surface area contributed by atoms with Crippen molar-refractivity contribution in [1.82, 2.24) is 9.88 Å². The molecule has 168 valence electrons. The van der Waals surface area contributed by atoms with E-state index in [1.807, 2.05) is 6.07 Å². The Morgan fingerprint density at radius 3 is 2.81 bits per heavy atom. The highest BCUT2D eigenvalue weighted by Crippen LogP contribution is 2.36. The van der Waals surface area contributed by atoms with Crippen LogP contribution >= 0.6 is 0 Å². The lowest BCUT2D eigenvalue weighted by molar-refractivity contribution is 0.299. The van der Waals surface area contributed by atoms with Crippen LogP contribution in [0, 0.1) is 0 Å². The van der Waals surface area contributed by atoms with Crippen LogP contribution in [0.1, 0.15) is 35.4 Å². The zero-order valence-corrected chi connectivity index (χ0v) is 19.1. The fourth-order valence-electron chi connectivity index (χ4n) is 4.14. The summed E-state index contributed by atoms with van der Waals surface area (Å²) >= 11 is 0. The minimum absolute atomic E-state index is 0.594. The molecule has 0 fully saturated rings. The molecule has 0 saturated heterocycles. The predicted octanol–water partition coefficient (Wildman–Crippen LogP) is 3.93. The van der Waals surface area contributed by atoms with E-state index in [-0.39, 0.29) is 0 Å². The summed E-state index contributed by atoms with van der Waals surface area (Å²) in [5.41, 5.74) is 6.00. The van der Waals surface area contributed by atoms with Crippen LogP contribution in [-0.4, -0.2) is 56.4 Å². The molecule has 1 atom stereocenters. The number of benzene rings is 2. The highest BCUT2D eigenvalue weighted by atomic mass is 32.2. The number of fused-ring (bicyclic) bond motifs is 2. The van der Waals surface area contributed by atoms with Gasteiger partial charge in [0, 0.05) is 13.1 Å². The first-order chi connectivity index (χ1) is 14.7. The van der Waals surface area contributed by atoms with E-state index >= 15 is 0 Å². The number of hydrogen-bond acceptors (Lipinski definition) is 6. The van der Waals surface area contributed by atoms with E-state index in [1.165, 1.54) is 35.9 Å². The normalized spacial score (nSPS) is 16.0. The van der Waals surface area contributed by atoms with Gasteiger partial charge in [0.15, 0.2) is 12.0 Å². The number of ether oxygens (including phenoxy) is 1. The van der Waals surface area contributed by atoms with Gasteiger partial charge in [-0.25, -0.2) is 4.98 Å². The Morgan fingerprint density at radius 1 is 1.29 bits per heavy atom. The molecular formula is C23H30N2O5S. The van der Waals surface area contributed by atoms with Crippen LogP contribution in [0.2, 0.25) is 0 Å². The molecular weight excluding hydrogens is 416 g/mol. The highest BCUT2D eigenvalue weighted by molar-refractivity contribution is 7.85. The second-order valence-electron chi connectivity index (χ2n) is 8.02. The van der Waals surface area contributed by atoms with E-state index < -0.39 is 10.1 Å². The van der Waals surface area contributed by atoms with Gasteiger partial charge in [0.05, 0.1) is 13.4 Å². The molecule has 7 nitrogen and oxygen atoms in total. The van der Waals surface area contributed by atoms with Crippen LogP contribution in [0.15, 0.2) is 47.2 Å². The lowest BCUT2D eigenvalue weighted by Gasteiger charge is -2.30. The van der Waals surface area contributed by atoms with Crippen molar-refractivity contribution >= 4 is 21.2 Å². The maximum Gasteiger partial charge on any atom is 0.261 e. The first-order valence-corrected chi connectivity index (χ1v) is 12.2. The van der Waals surface area contributed by atoms with Gasteiger partial charge in [-0.05, 0) is 73.5 Å². The van der Waals surface area contributed by atoms with Crippen molar-refractivity contribution in [2.45, 2.75) is 31.6 Å². The third kappa shape index (κ3) is 6.78. The van der Waals surface area contributed by atoms with Crippen molar-refractivity contribution in [3.05, 3.63) is 59.5 Å². The summed E-state index contributed by atoms with van der Waals surface area (Å²) in [5, 5.41) is 0. The molecule has 8 heteroatoms. The Hall–Kier alpha value is -2.42. The Kier molecular flexibility index (Phi) is 7.69. The van der Waals surface area contributed by atoms with Crippen molar-refractivity contribution in [3.8, 4) is 5.75 Å². The van der Waals surface area contributed by atoms with Crippen molar-refractivity contribution in [1.29, 1.82) is 0 Å². The lowest BCUT2D eigenvalue weighted by atomic mass is 9.82. The summed E-state index contributed by atoms with van der Waals surface area (Å²) < 4.78 is 36.8. The van der Waals surface area contributed by atoms with Gasteiger partial charge >= 0.3 is 0 Å². The Balaban J connectivity index is 0.000000491. The van der Waals surface area contributed by atoms with Crippen LogP contribution in [0.4, 0.5) is 0 Å². The summed E-state index contributed by atoms with van der Waals surface area (Å²) in [5.74, 6) is 1.65. The molecule has 1 unspecified atom stereocenters. The number of aromatic nitrogens is 1. The summed E-state index contributed by atoms with van der Waals surface area (Å²) in [4.78, 5) is 6.70. The maximum atomic E-state index is 9.19. The van der Waals surface area contributed by atoms with Crippen LogP contribution in [0.3, 0.4) is 0 Å². The van der Waals surface area contributed by atoms with Crippen molar-refractivity contribution in [2.24, 2.45) is 0 Å². The van der Waals surface area contributed by atoms with Gasteiger partial charge in [0.1, 0.15) is 11.3 Å². The monoisotopic (exact) mass is 446 g/mol. The molecule has 1 aliphatic carbocycles. The molecule has 0 aliphatic heterocycles. The molecule has 31 heavy (non-hydrogen) atoms. The quantitative estimate of drug-likeness (QED) is 0.573. The lowest BCUT2D eigenvalue weighted by Crippen LogP contribution is -2.28. The topological polar surface area (TPSA) is 92.9 Å². The second-order valence-corrected chi connectivity index (χ2v) is 9.48. The molecule has 0 bridgehead atoms. The largest absolute Gasteiger partial charge is 0.496 e. The van der Waals surface area contributed by atoms with E-state index in [0.29, 0.717) is 12.2 Å². The Bertz CT molecular complexity index is 1100. The number of hydrogen-bond donors (Lipinski definition) is 1. The third-order valence-electron chi connectivity index (χ3n) is 5.52. The molecule has 0 spiro atoms. The van der Waals surface area contributed by atoms with E-state index in [1.54, 1.807) is 7.11 Å².